The number of carbonyl (C=O) groups excluding carboxylic acids is 2. The van der Waals surface area contributed by atoms with Crippen LogP contribution in [0.1, 0.15) is 20.7 Å². The fourth-order valence-electron chi connectivity index (χ4n) is 3.05. The molecule has 2 amide bonds. The van der Waals surface area contributed by atoms with Gasteiger partial charge in [-0.15, -0.1) is 0 Å². The lowest BCUT2D eigenvalue weighted by Gasteiger charge is -2.24. The average molecular weight is 461 g/mol. The van der Waals surface area contributed by atoms with Gasteiger partial charge >= 0.3 is 0 Å². The Morgan fingerprint density at radius 2 is 1.74 bits per heavy atom. The third kappa shape index (κ3) is 4.47. The number of amides is 2. The fourth-order valence-corrected chi connectivity index (χ4v) is 3.52. The predicted octanol–water partition coefficient (Wildman–Crippen LogP) is 4.64. The Morgan fingerprint density at radius 3 is 2.35 bits per heavy atom. The minimum atomic E-state index is -0.720. The highest BCUT2D eigenvalue weighted by Gasteiger charge is 2.24. The van der Waals surface area contributed by atoms with Crippen molar-refractivity contribution in [2.45, 2.75) is 0 Å². The number of hydrogen-bond donors (Lipinski definition) is 1. The van der Waals surface area contributed by atoms with Gasteiger partial charge in [0, 0.05) is 49.1 Å². The number of pyridine rings is 1. The second kappa shape index (κ2) is 8.91. The molecule has 160 valence electrons. The van der Waals surface area contributed by atoms with E-state index in [0.29, 0.717) is 33.2 Å². The van der Waals surface area contributed by atoms with Gasteiger partial charge in [-0.1, -0.05) is 29.3 Å². The van der Waals surface area contributed by atoms with Crippen LogP contribution in [-0.2, 0) is 0 Å². The second-order valence-corrected chi connectivity index (χ2v) is 7.80. The molecular formula is C22H19Cl2FN4O2. The Bertz CT molecular complexity index is 1160. The molecule has 0 bridgehead atoms. The Balaban J connectivity index is 2.09. The predicted molar refractivity (Wildman–Crippen MR) is 122 cm³/mol. The van der Waals surface area contributed by atoms with Crippen LogP contribution in [0.2, 0.25) is 10.0 Å². The monoisotopic (exact) mass is 460 g/mol. The Kier molecular flexibility index (Phi) is 6.48. The van der Waals surface area contributed by atoms with Crippen LogP contribution < -0.4 is 15.5 Å². The first-order chi connectivity index (χ1) is 14.6. The molecule has 0 unspecified atom stereocenters. The first kappa shape index (κ1) is 22.5. The largest absolute Gasteiger partial charge is 0.375 e. The van der Waals surface area contributed by atoms with Gasteiger partial charge in [0.15, 0.2) is 5.82 Å². The molecule has 0 aliphatic rings. The lowest BCUT2D eigenvalue weighted by atomic mass is 10.0. The van der Waals surface area contributed by atoms with E-state index >= 15 is 0 Å². The van der Waals surface area contributed by atoms with Crippen molar-refractivity contribution in [3.63, 3.8) is 0 Å². The number of carbonyl (C=O) groups is 2. The molecule has 6 nitrogen and oxygen atoms in total. The van der Waals surface area contributed by atoms with Gasteiger partial charge in [0.1, 0.15) is 5.82 Å². The van der Waals surface area contributed by atoms with Gasteiger partial charge in [-0.25, -0.2) is 9.37 Å². The van der Waals surface area contributed by atoms with Gasteiger partial charge in [-0.2, -0.15) is 0 Å². The number of halogens is 3. The topological polar surface area (TPSA) is 79.5 Å². The summed E-state index contributed by atoms with van der Waals surface area (Å²) < 4.78 is 14.3. The van der Waals surface area contributed by atoms with E-state index in [1.54, 1.807) is 37.2 Å². The van der Waals surface area contributed by atoms with E-state index in [2.05, 4.69) is 4.98 Å². The normalized spacial score (nSPS) is 10.6. The van der Waals surface area contributed by atoms with Crippen LogP contribution in [0.25, 0.3) is 11.1 Å². The highest BCUT2D eigenvalue weighted by Crippen LogP contribution is 2.35. The van der Waals surface area contributed by atoms with Crippen molar-refractivity contribution in [1.29, 1.82) is 0 Å². The first-order valence-electron chi connectivity index (χ1n) is 9.11. The molecule has 0 atom stereocenters. The summed E-state index contributed by atoms with van der Waals surface area (Å²) in [5.41, 5.74) is 7.19. The van der Waals surface area contributed by atoms with E-state index in [1.165, 1.54) is 42.4 Å². The average Bonchev–Trinajstić information content (AvgIpc) is 2.72. The summed E-state index contributed by atoms with van der Waals surface area (Å²) in [4.78, 5) is 31.9. The van der Waals surface area contributed by atoms with Crippen molar-refractivity contribution in [2.75, 3.05) is 30.9 Å². The van der Waals surface area contributed by atoms with Crippen molar-refractivity contribution in [2.24, 2.45) is 5.73 Å². The molecule has 3 aromatic rings. The van der Waals surface area contributed by atoms with Gasteiger partial charge in [-0.3, -0.25) is 14.5 Å². The first-order valence-corrected chi connectivity index (χ1v) is 9.86. The Hall–Kier alpha value is -3.16. The van der Waals surface area contributed by atoms with Crippen LogP contribution in [0.4, 0.5) is 15.9 Å². The molecular weight excluding hydrogens is 442 g/mol. The number of primary amides is 1. The molecule has 31 heavy (non-hydrogen) atoms. The summed E-state index contributed by atoms with van der Waals surface area (Å²) in [5.74, 6) is -1.65. The number of hydrogen-bond acceptors (Lipinski definition) is 4. The van der Waals surface area contributed by atoms with Gasteiger partial charge in [0.25, 0.3) is 5.91 Å². The summed E-state index contributed by atoms with van der Waals surface area (Å²) in [6.07, 6.45) is 1.51. The van der Waals surface area contributed by atoms with Gasteiger partial charge in [0.05, 0.1) is 16.3 Å². The lowest BCUT2D eigenvalue weighted by Crippen LogP contribution is -2.30. The van der Waals surface area contributed by atoms with Crippen molar-refractivity contribution in [1.82, 2.24) is 4.98 Å². The van der Waals surface area contributed by atoms with E-state index in [9.17, 15) is 14.0 Å². The maximum Gasteiger partial charge on any atom is 0.263 e. The Morgan fingerprint density at radius 1 is 1.03 bits per heavy atom. The number of benzene rings is 2. The van der Waals surface area contributed by atoms with Crippen LogP contribution in [0.5, 0.6) is 0 Å². The standard InChI is InChI=1S/C22H19Cl2FN4O2/c1-28(2)18-10-13(14-9-12(20(26)30)7-8-15(14)23)11-27-21(18)29(3)22(31)19-16(24)5-4-6-17(19)25/h4-11H,1-3H3,(H2,26,30). The maximum absolute atomic E-state index is 14.3. The maximum atomic E-state index is 14.3. The molecule has 0 saturated carbocycles. The van der Waals surface area contributed by atoms with Crippen LogP contribution >= 0.6 is 23.2 Å². The van der Waals surface area contributed by atoms with E-state index in [-0.39, 0.29) is 10.6 Å². The molecule has 1 heterocycles. The number of nitrogens with zero attached hydrogens (tertiary/aromatic N) is 3. The molecule has 2 aromatic carbocycles. The summed E-state index contributed by atoms with van der Waals surface area (Å²) in [5, 5.41) is 0.418. The van der Waals surface area contributed by atoms with E-state index in [0.717, 1.165) is 0 Å². The minimum absolute atomic E-state index is 0.00919. The highest BCUT2D eigenvalue weighted by atomic mass is 35.5. The second-order valence-electron chi connectivity index (χ2n) is 6.98. The summed E-state index contributed by atoms with van der Waals surface area (Å²) in [7, 11) is 5.04. The molecule has 3 rings (SSSR count). The minimum Gasteiger partial charge on any atom is -0.375 e. The summed E-state index contributed by atoms with van der Waals surface area (Å²) in [6.45, 7) is 0. The SMILES string of the molecule is CN(C)c1cc(-c2cc(C(N)=O)ccc2Cl)cnc1N(C)C(=O)c1c(F)cccc1Cl. The van der Waals surface area contributed by atoms with Gasteiger partial charge in [-0.05, 0) is 36.4 Å². The van der Waals surface area contributed by atoms with Gasteiger partial charge < -0.3 is 10.6 Å². The van der Waals surface area contributed by atoms with Crippen LogP contribution in [0.3, 0.4) is 0 Å². The zero-order valence-electron chi connectivity index (χ0n) is 17.0. The summed E-state index contributed by atoms with van der Waals surface area (Å²) in [6, 6.07) is 10.5. The third-order valence-electron chi connectivity index (χ3n) is 4.69. The van der Waals surface area contributed by atoms with Gasteiger partial charge in [0.2, 0.25) is 5.91 Å². The molecule has 0 fully saturated rings. The van der Waals surface area contributed by atoms with Crippen LogP contribution in [0, 0.1) is 5.82 Å². The highest BCUT2D eigenvalue weighted by molar-refractivity contribution is 6.34. The van der Waals surface area contributed by atoms with Crippen molar-refractivity contribution >= 4 is 46.5 Å². The zero-order chi connectivity index (χ0) is 22.9. The third-order valence-corrected chi connectivity index (χ3v) is 5.33. The van der Waals surface area contributed by atoms with E-state index in [4.69, 9.17) is 28.9 Å². The molecule has 1 aromatic heterocycles. The fraction of sp³-hybridized carbons (Fsp3) is 0.136. The van der Waals surface area contributed by atoms with E-state index in [1.807, 2.05) is 0 Å². The van der Waals surface area contributed by atoms with E-state index < -0.39 is 17.6 Å². The van der Waals surface area contributed by atoms with Crippen LogP contribution in [-0.4, -0.2) is 37.9 Å². The number of nitrogens with two attached hydrogens (primary N) is 1. The number of anilines is 2. The molecule has 0 spiro atoms. The number of rotatable bonds is 5. The molecule has 0 radical (unpaired) electrons. The smallest absolute Gasteiger partial charge is 0.263 e. The molecule has 0 aliphatic carbocycles. The molecule has 2 N–H and O–H groups in total. The molecule has 0 saturated heterocycles. The van der Waals surface area contributed by atoms with Crippen molar-refractivity contribution in [3.8, 4) is 11.1 Å². The molecule has 0 aliphatic heterocycles. The number of aromatic nitrogens is 1. The Labute approximate surface area is 189 Å². The molecule has 9 heteroatoms. The van der Waals surface area contributed by atoms with Crippen molar-refractivity contribution in [3.05, 3.63) is 75.7 Å². The van der Waals surface area contributed by atoms with Crippen molar-refractivity contribution < 1.29 is 14.0 Å². The summed E-state index contributed by atoms with van der Waals surface area (Å²) >= 11 is 12.4. The zero-order valence-corrected chi connectivity index (χ0v) is 18.5. The lowest BCUT2D eigenvalue weighted by molar-refractivity contribution is 0.0984. The quantitative estimate of drug-likeness (QED) is 0.601. The van der Waals surface area contributed by atoms with Crippen LogP contribution in [0.15, 0.2) is 48.7 Å².